The minimum Gasteiger partial charge on any atom is -0.469 e. The van der Waals surface area contributed by atoms with Crippen LogP contribution in [0.2, 0.25) is 0 Å². The molecule has 1 aliphatic rings. The number of piperidine rings is 1. The van der Waals surface area contributed by atoms with Crippen LogP contribution in [0.25, 0.3) is 10.9 Å². The van der Waals surface area contributed by atoms with Gasteiger partial charge in [0.2, 0.25) is 5.91 Å². The Morgan fingerprint density at radius 3 is 2.45 bits per heavy atom. The van der Waals surface area contributed by atoms with Crippen molar-refractivity contribution in [1.29, 1.82) is 0 Å². The normalized spacial score (nSPS) is 14.8. The average molecular weight is 400 g/mol. The maximum absolute atomic E-state index is 13.0. The van der Waals surface area contributed by atoms with E-state index >= 15 is 0 Å². The zero-order valence-corrected chi connectivity index (χ0v) is 17.3. The summed E-state index contributed by atoms with van der Waals surface area (Å²) in [6, 6.07) is 7.56. The van der Waals surface area contributed by atoms with Crippen LogP contribution in [0.5, 0.6) is 0 Å². The number of rotatable bonds is 5. The number of likely N-dealkylation sites (tertiary alicyclic amines) is 1. The van der Waals surface area contributed by atoms with Crippen molar-refractivity contribution in [1.82, 2.24) is 9.47 Å². The summed E-state index contributed by atoms with van der Waals surface area (Å²) in [4.78, 5) is 38.7. The van der Waals surface area contributed by atoms with Gasteiger partial charge < -0.3 is 14.4 Å². The Labute approximate surface area is 170 Å². The lowest BCUT2D eigenvalue weighted by molar-refractivity contribution is -0.139. The van der Waals surface area contributed by atoms with Gasteiger partial charge in [0.15, 0.2) is 0 Å². The Balaban J connectivity index is 2.11. The number of fused-ring (bicyclic) bond motifs is 1. The highest BCUT2D eigenvalue weighted by molar-refractivity contribution is 5.96. The second-order valence-corrected chi connectivity index (χ2v) is 7.36. The second kappa shape index (κ2) is 9.11. The number of amides is 1. The molecule has 0 radical (unpaired) electrons. The average Bonchev–Trinajstić information content (AvgIpc) is 3.06. The van der Waals surface area contributed by atoms with E-state index < -0.39 is 6.09 Å². The number of hydrogen-bond donors (Lipinski definition) is 0. The van der Waals surface area contributed by atoms with Gasteiger partial charge in [-0.25, -0.2) is 9.36 Å². The van der Waals surface area contributed by atoms with Gasteiger partial charge in [0.25, 0.3) is 0 Å². The zero-order valence-electron chi connectivity index (χ0n) is 17.3. The monoisotopic (exact) mass is 400 g/mol. The molecule has 7 heteroatoms. The number of nitrogens with zero attached hydrogens (tertiary/aromatic N) is 2. The highest BCUT2D eigenvalue weighted by Crippen LogP contribution is 2.37. The van der Waals surface area contributed by atoms with E-state index in [0.717, 1.165) is 41.4 Å². The predicted octanol–water partition coefficient (Wildman–Crippen LogP) is 3.48. The number of esters is 1. The van der Waals surface area contributed by atoms with Crippen molar-refractivity contribution >= 4 is 28.9 Å². The summed E-state index contributed by atoms with van der Waals surface area (Å²) in [6.07, 6.45) is 1.85. The molecule has 0 atom stereocenters. The largest absolute Gasteiger partial charge is 0.469 e. The van der Waals surface area contributed by atoms with E-state index in [-0.39, 0.29) is 24.2 Å². The van der Waals surface area contributed by atoms with Gasteiger partial charge >= 0.3 is 12.1 Å². The predicted molar refractivity (Wildman–Crippen MR) is 109 cm³/mol. The fourth-order valence-corrected chi connectivity index (χ4v) is 4.08. The number of hydrogen-bond acceptors (Lipinski definition) is 5. The molecule has 1 aromatic heterocycles. The van der Waals surface area contributed by atoms with Gasteiger partial charge in [0, 0.05) is 37.0 Å². The van der Waals surface area contributed by atoms with E-state index in [4.69, 9.17) is 9.47 Å². The summed E-state index contributed by atoms with van der Waals surface area (Å²) in [5.74, 6) is -0.245. The summed E-state index contributed by atoms with van der Waals surface area (Å²) in [7, 11) is 1.36. The van der Waals surface area contributed by atoms with Gasteiger partial charge in [-0.15, -0.1) is 0 Å². The van der Waals surface area contributed by atoms with Crippen molar-refractivity contribution < 1.29 is 23.9 Å². The zero-order chi connectivity index (χ0) is 21.0. The molecule has 1 saturated heterocycles. The molecule has 1 amide bonds. The maximum Gasteiger partial charge on any atom is 0.418 e. The molecule has 2 aromatic rings. The molecule has 0 N–H and O–H groups in total. The Kier molecular flexibility index (Phi) is 6.56. The number of benzene rings is 1. The van der Waals surface area contributed by atoms with Crippen molar-refractivity contribution in [2.45, 2.75) is 45.4 Å². The third kappa shape index (κ3) is 4.28. The van der Waals surface area contributed by atoms with Gasteiger partial charge in [-0.3, -0.25) is 9.59 Å². The second-order valence-electron chi connectivity index (χ2n) is 7.36. The summed E-state index contributed by atoms with van der Waals surface area (Å²) < 4.78 is 12.0. The summed E-state index contributed by atoms with van der Waals surface area (Å²) in [5.41, 5.74) is 2.35. The van der Waals surface area contributed by atoms with Crippen LogP contribution in [0, 0.1) is 0 Å². The Morgan fingerprint density at radius 1 is 1.14 bits per heavy atom. The van der Waals surface area contributed by atoms with E-state index in [0.29, 0.717) is 19.7 Å². The van der Waals surface area contributed by atoms with E-state index in [1.165, 1.54) is 7.11 Å². The molecule has 1 fully saturated rings. The third-order valence-electron chi connectivity index (χ3n) is 5.51. The van der Waals surface area contributed by atoms with Crippen molar-refractivity contribution in [3.63, 3.8) is 0 Å². The lowest BCUT2D eigenvalue weighted by Crippen LogP contribution is -2.37. The molecule has 29 heavy (non-hydrogen) atoms. The Bertz CT molecular complexity index is 909. The molecular formula is C22H28N2O5. The molecule has 3 rings (SSSR count). The smallest absolute Gasteiger partial charge is 0.418 e. The fraction of sp³-hybridized carbons (Fsp3) is 0.500. The van der Waals surface area contributed by atoms with Gasteiger partial charge in [-0.1, -0.05) is 25.1 Å². The van der Waals surface area contributed by atoms with Crippen LogP contribution in [-0.2, 0) is 25.5 Å². The Hall–Kier alpha value is -2.83. The topological polar surface area (TPSA) is 77.8 Å². The van der Waals surface area contributed by atoms with Crippen molar-refractivity contribution in [3.05, 3.63) is 35.5 Å². The summed E-state index contributed by atoms with van der Waals surface area (Å²) in [6.45, 7) is 5.11. The van der Waals surface area contributed by atoms with Crippen LogP contribution >= 0.6 is 0 Å². The number of para-hydroxylation sites is 1. The first kappa shape index (κ1) is 20.9. The number of aromatic nitrogens is 1. The van der Waals surface area contributed by atoms with Crippen molar-refractivity contribution in [2.24, 2.45) is 0 Å². The molecule has 0 bridgehead atoms. The minimum atomic E-state index is -0.428. The summed E-state index contributed by atoms with van der Waals surface area (Å²) >= 11 is 0. The van der Waals surface area contributed by atoms with Crippen molar-refractivity contribution in [2.75, 3.05) is 26.8 Å². The molecule has 1 aliphatic heterocycles. The van der Waals surface area contributed by atoms with Gasteiger partial charge in [0.05, 0.1) is 25.7 Å². The lowest BCUT2D eigenvalue weighted by atomic mass is 9.89. The molecular weight excluding hydrogens is 372 g/mol. The standard InChI is InChI=1S/C22H28N2O5/c1-4-13-29-22(27)24-19-8-6-5-7-17(19)18(14-20(26)28-3)21(24)16-9-11-23(12-10-16)15(2)25/h5-8,16H,4,9-14H2,1-3H3. The molecule has 0 saturated carbocycles. The number of methoxy groups -OCH3 is 1. The van der Waals surface area contributed by atoms with E-state index in [1.54, 1.807) is 11.5 Å². The van der Waals surface area contributed by atoms with Gasteiger partial charge in [-0.05, 0) is 30.9 Å². The fourth-order valence-electron chi connectivity index (χ4n) is 4.08. The van der Waals surface area contributed by atoms with Crippen LogP contribution in [0.15, 0.2) is 24.3 Å². The van der Waals surface area contributed by atoms with Gasteiger partial charge in [-0.2, -0.15) is 0 Å². The Morgan fingerprint density at radius 2 is 1.83 bits per heavy atom. The molecule has 7 nitrogen and oxygen atoms in total. The van der Waals surface area contributed by atoms with E-state index in [9.17, 15) is 14.4 Å². The first-order chi connectivity index (χ1) is 14.0. The van der Waals surface area contributed by atoms with Crippen LogP contribution in [-0.4, -0.2) is 54.2 Å². The number of ether oxygens (including phenoxy) is 2. The maximum atomic E-state index is 13.0. The van der Waals surface area contributed by atoms with Gasteiger partial charge in [0.1, 0.15) is 0 Å². The van der Waals surface area contributed by atoms with Crippen LogP contribution in [0.1, 0.15) is 50.3 Å². The number of carbonyl (C=O) groups excluding carboxylic acids is 3. The molecule has 2 heterocycles. The SMILES string of the molecule is CCCOC(=O)n1c(C2CCN(C(C)=O)CC2)c(CC(=O)OC)c2ccccc21. The van der Waals surface area contributed by atoms with Crippen LogP contribution in [0.4, 0.5) is 4.79 Å². The highest BCUT2D eigenvalue weighted by Gasteiger charge is 2.31. The number of carbonyl (C=O) groups is 3. The highest BCUT2D eigenvalue weighted by atomic mass is 16.5. The van der Waals surface area contributed by atoms with E-state index in [1.807, 2.05) is 36.1 Å². The van der Waals surface area contributed by atoms with Crippen LogP contribution < -0.4 is 0 Å². The molecule has 0 unspecified atom stereocenters. The van der Waals surface area contributed by atoms with Crippen molar-refractivity contribution in [3.8, 4) is 0 Å². The molecule has 156 valence electrons. The first-order valence-corrected chi connectivity index (χ1v) is 10.1. The quantitative estimate of drug-likeness (QED) is 0.718. The van der Waals surface area contributed by atoms with Crippen LogP contribution in [0.3, 0.4) is 0 Å². The molecule has 1 aromatic carbocycles. The van der Waals surface area contributed by atoms with E-state index in [2.05, 4.69) is 0 Å². The molecule has 0 aliphatic carbocycles. The molecule has 0 spiro atoms. The first-order valence-electron chi connectivity index (χ1n) is 10.1. The minimum absolute atomic E-state index is 0.0480. The lowest BCUT2D eigenvalue weighted by Gasteiger charge is -2.32. The third-order valence-corrected chi connectivity index (χ3v) is 5.51. The summed E-state index contributed by atoms with van der Waals surface area (Å²) in [5, 5.41) is 0.857.